The minimum Gasteiger partial charge on any atom is -0.496 e. The first-order chi connectivity index (χ1) is 30.0. The zero-order chi connectivity index (χ0) is 48.7. The maximum atomic E-state index is 15.8. The number of carbonyl (C=O) groups excluding carboxylic acids is 5. The predicted molar refractivity (Wildman–Crippen MR) is 246 cm³/mol. The highest BCUT2D eigenvalue weighted by molar-refractivity contribution is 6.05. The summed E-state index contributed by atoms with van der Waals surface area (Å²) in [6.07, 6.45) is 1.17. The SMILES string of the molecule is COc1cc(NC(=O)c2ccc(C3=CCN(/C(=N\C(=O)OC(C)(C)C)NC(=O)OC(C)(C)C)CC3)c(F)c2)c(C)cc1C1=CCN(/C(=N/C(=O)OC(C)(C)C)NC(=O)OC(C)(C)C)CC1. The fraction of sp³-hybridized carbons (Fsp3) is 0.511. The van der Waals surface area contributed by atoms with Crippen LogP contribution in [0.1, 0.15) is 123 Å². The summed E-state index contributed by atoms with van der Waals surface area (Å²) in [5, 5.41) is 8.02. The van der Waals surface area contributed by atoms with E-state index in [1.54, 1.807) is 111 Å². The van der Waals surface area contributed by atoms with Crippen molar-refractivity contribution in [2.45, 2.75) is 125 Å². The van der Waals surface area contributed by atoms with Gasteiger partial charge in [0, 0.05) is 54.6 Å². The van der Waals surface area contributed by atoms with Crippen molar-refractivity contribution >= 4 is 59.0 Å². The van der Waals surface area contributed by atoms with Crippen LogP contribution < -0.4 is 20.7 Å². The number of nitrogens with zero attached hydrogens (tertiary/aromatic N) is 4. The highest BCUT2D eigenvalue weighted by Crippen LogP contribution is 2.35. The zero-order valence-electron chi connectivity index (χ0n) is 40.0. The van der Waals surface area contributed by atoms with E-state index in [2.05, 4.69) is 25.9 Å². The van der Waals surface area contributed by atoms with Crippen molar-refractivity contribution in [1.82, 2.24) is 20.4 Å². The number of amides is 5. The molecule has 2 heterocycles. The second-order valence-electron chi connectivity index (χ2n) is 19.5. The van der Waals surface area contributed by atoms with Gasteiger partial charge in [0.1, 0.15) is 34.0 Å². The van der Waals surface area contributed by atoms with Gasteiger partial charge in [-0.05, 0) is 138 Å². The van der Waals surface area contributed by atoms with Crippen LogP contribution >= 0.6 is 0 Å². The number of aliphatic imine (C=N–C) groups is 2. The van der Waals surface area contributed by atoms with Gasteiger partial charge >= 0.3 is 24.4 Å². The molecule has 0 atom stereocenters. The third kappa shape index (κ3) is 16.2. The maximum Gasteiger partial charge on any atom is 0.437 e. The van der Waals surface area contributed by atoms with Gasteiger partial charge < -0.3 is 38.8 Å². The summed E-state index contributed by atoms with van der Waals surface area (Å²) in [6, 6.07) is 7.85. The van der Waals surface area contributed by atoms with Gasteiger partial charge in [-0.15, -0.1) is 9.98 Å². The third-order valence-corrected chi connectivity index (χ3v) is 9.14. The lowest BCUT2D eigenvalue weighted by atomic mass is 9.96. The van der Waals surface area contributed by atoms with Crippen molar-refractivity contribution in [3.8, 4) is 5.75 Å². The summed E-state index contributed by atoms with van der Waals surface area (Å²) in [5.74, 6) is -0.725. The number of halogens is 1. The molecule has 2 aromatic carbocycles. The summed E-state index contributed by atoms with van der Waals surface area (Å²) >= 11 is 0. The van der Waals surface area contributed by atoms with Crippen LogP contribution in [0.15, 0.2) is 52.5 Å². The lowest BCUT2D eigenvalue weighted by molar-refractivity contribution is 0.0536. The average molecular weight is 906 g/mol. The fourth-order valence-electron chi connectivity index (χ4n) is 6.45. The largest absolute Gasteiger partial charge is 0.496 e. The maximum absolute atomic E-state index is 15.8. The molecule has 0 aliphatic carbocycles. The molecule has 354 valence electrons. The first-order valence-electron chi connectivity index (χ1n) is 21.3. The van der Waals surface area contributed by atoms with Crippen LogP contribution in [0.2, 0.25) is 0 Å². The first kappa shape index (κ1) is 51.2. The molecule has 18 heteroatoms. The Kier molecular flexibility index (Phi) is 16.2. The molecule has 2 aliphatic rings. The van der Waals surface area contributed by atoms with Crippen molar-refractivity contribution in [2.24, 2.45) is 9.98 Å². The van der Waals surface area contributed by atoms with Crippen LogP contribution in [0, 0.1) is 12.7 Å². The molecule has 0 bridgehead atoms. The van der Waals surface area contributed by atoms with E-state index in [9.17, 15) is 24.0 Å². The van der Waals surface area contributed by atoms with E-state index in [1.807, 2.05) is 19.1 Å². The van der Waals surface area contributed by atoms with Crippen LogP contribution in [0.5, 0.6) is 5.75 Å². The van der Waals surface area contributed by atoms with Gasteiger partial charge in [0.05, 0.1) is 7.11 Å². The number of rotatable bonds is 5. The molecular formula is C47H64FN7O10. The van der Waals surface area contributed by atoms with Crippen LogP contribution in [0.25, 0.3) is 11.1 Å². The Labute approximate surface area is 380 Å². The molecule has 2 aromatic rings. The van der Waals surface area contributed by atoms with Gasteiger partial charge in [-0.2, -0.15) is 0 Å². The summed E-state index contributed by atoms with van der Waals surface area (Å²) in [7, 11) is 1.52. The molecule has 17 nitrogen and oxygen atoms in total. The molecule has 2 aliphatic heterocycles. The Morgan fingerprint density at radius 3 is 1.46 bits per heavy atom. The summed E-state index contributed by atoms with van der Waals surface area (Å²) < 4.78 is 43.0. The molecule has 0 saturated carbocycles. The first-order valence-corrected chi connectivity index (χ1v) is 21.3. The molecule has 0 fully saturated rings. The topological polar surface area (TPSA) is 199 Å². The van der Waals surface area contributed by atoms with E-state index >= 15 is 4.39 Å². The summed E-state index contributed by atoms with van der Waals surface area (Å²) in [5.41, 5.74) is 0.769. The molecular weight excluding hydrogens is 842 g/mol. The molecule has 0 spiro atoms. The van der Waals surface area contributed by atoms with Gasteiger partial charge in [0.15, 0.2) is 0 Å². The fourth-order valence-corrected chi connectivity index (χ4v) is 6.45. The van der Waals surface area contributed by atoms with E-state index < -0.39 is 58.5 Å². The minimum atomic E-state index is -0.896. The van der Waals surface area contributed by atoms with Crippen LogP contribution in [0.4, 0.5) is 29.3 Å². The molecule has 65 heavy (non-hydrogen) atoms. The normalized spacial score (nSPS) is 15.2. The molecule has 0 aromatic heterocycles. The number of alkyl carbamates (subject to hydrolysis) is 2. The lowest BCUT2D eigenvalue weighted by Gasteiger charge is -2.30. The molecule has 5 amide bonds. The number of nitrogens with one attached hydrogen (secondary N) is 3. The number of benzene rings is 2. The van der Waals surface area contributed by atoms with Crippen molar-refractivity contribution in [3.05, 3.63) is 70.6 Å². The Morgan fingerprint density at radius 1 is 0.631 bits per heavy atom. The molecule has 0 radical (unpaired) electrons. The van der Waals surface area contributed by atoms with Gasteiger partial charge in [-0.25, -0.2) is 23.6 Å². The standard InChI is InChI=1S/C47H64FN7O10/c1-28-25-33(30-19-23-55(24-20-30)39(52-42(59)64-46(8,9)10)53-43(60)65-47(11,12)13)36(61-14)27-35(28)49-37(56)31-15-16-32(34(48)26-31)29-17-21-54(22-18-29)38(50-40(57)62-44(2,3)4)51-41(58)63-45(5,6)7/h15-17,19,25-27H,18,20-24H2,1-14H3,(H,49,56)(H,50,51,57,58)(H,52,53,59,60). The van der Waals surface area contributed by atoms with E-state index in [0.29, 0.717) is 42.0 Å². The number of methoxy groups -OCH3 is 1. The van der Waals surface area contributed by atoms with E-state index in [1.165, 1.54) is 19.2 Å². The number of hydrogen-bond donors (Lipinski definition) is 3. The van der Waals surface area contributed by atoms with Crippen molar-refractivity contribution in [1.29, 1.82) is 0 Å². The number of guanidine groups is 2. The van der Waals surface area contributed by atoms with Crippen molar-refractivity contribution in [3.63, 3.8) is 0 Å². The van der Waals surface area contributed by atoms with E-state index in [4.69, 9.17) is 23.7 Å². The quantitative estimate of drug-likeness (QED) is 0.146. The van der Waals surface area contributed by atoms with Crippen LogP contribution in [0.3, 0.4) is 0 Å². The third-order valence-electron chi connectivity index (χ3n) is 9.14. The van der Waals surface area contributed by atoms with Gasteiger partial charge in [0.25, 0.3) is 5.91 Å². The Bertz CT molecular complexity index is 2270. The molecule has 3 N–H and O–H groups in total. The zero-order valence-corrected chi connectivity index (χ0v) is 40.0. The summed E-state index contributed by atoms with van der Waals surface area (Å²) in [4.78, 5) is 75.6. The van der Waals surface area contributed by atoms with Gasteiger partial charge in [0.2, 0.25) is 11.9 Å². The number of hydrogen-bond acceptors (Lipinski definition) is 10. The summed E-state index contributed by atoms with van der Waals surface area (Å²) in [6.45, 7) is 23.5. The smallest absolute Gasteiger partial charge is 0.437 e. The number of ether oxygens (including phenoxy) is 5. The molecule has 0 unspecified atom stereocenters. The number of anilines is 1. The highest BCUT2D eigenvalue weighted by atomic mass is 19.1. The van der Waals surface area contributed by atoms with Gasteiger partial charge in [-0.1, -0.05) is 18.2 Å². The number of carbonyl (C=O) groups is 5. The average Bonchev–Trinajstić information content (AvgIpc) is 3.15. The van der Waals surface area contributed by atoms with Crippen molar-refractivity contribution in [2.75, 3.05) is 38.6 Å². The second kappa shape index (κ2) is 20.6. The van der Waals surface area contributed by atoms with Crippen molar-refractivity contribution < 1.29 is 52.0 Å². The van der Waals surface area contributed by atoms with Crippen LogP contribution in [-0.2, 0) is 18.9 Å². The molecule has 4 rings (SSSR count). The molecule has 0 saturated heterocycles. The van der Waals surface area contributed by atoms with E-state index in [0.717, 1.165) is 16.7 Å². The highest BCUT2D eigenvalue weighted by Gasteiger charge is 2.28. The van der Waals surface area contributed by atoms with E-state index in [-0.39, 0.29) is 37.1 Å². The Balaban J connectivity index is 1.49. The monoisotopic (exact) mass is 905 g/mol. The van der Waals surface area contributed by atoms with Crippen LogP contribution in [-0.4, -0.2) is 108 Å². The number of aryl methyl sites for hydroxylation is 1. The Hall–Kier alpha value is -6.46. The lowest BCUT2D eigenvalue weighted by Crippen LogP contribution is -2.48. The minimum absolute atomic E-state index is 0.0121. The Morgan fingerprint density at radius 2 is 1.08 bits per heavy atom. The van der Waals surface area contributed by atoms with Gasteiger partial charge in [-0.3, -0.25) is 15.4 Å². The second-order valence-corrected chi connectivity index (χ2v) is 19.5. The predicted octanol–water partition coefficient (Wildman–Crippen LogP) is 9.20.